The molecule has 4 rings (SSSR count). The Hall–Kier alpha value is -3.57. The third kappa shape index (κ3) is 5.27. The number of aromatic nitrogens is 2. The number of fused-ring (bicyclic) bond motifs is 1. The van der Waals surface area contributed by atoms with Crippen molar-refractivity contribution in [3.63, 3.8) is 0 Å². The average molecular weight is 418 g/mol. The van der Waals surface area contributed by atoms with E-state index in [-0.39, 0.29) is 5.91 Å². The summed E-state index contributed by atoms with van der Waals surface area (Å²) < 4.78 is 7.66. The van der Waals surface area contributed by atoms with E-state index in [0.29, 0.717) is 18.2 Å². The monoisotopic (exact) mass is 417 g/mol. The first-order valence-corrected chi connectivity index (χ1v) is 9.89. The molecule has 0 bridgehead atoms. The summed E-state index contributed by atoms with van der Waals surface area (Å²) in [7, 11) is 0. The fraction of sp³-hybridized carbons (Fsp3) is 0.0833. The zero-order chi connectivity index (χ0) is 20.8. The van der Waals surface area contributed by atoms with Crippen molar-refractivity contribution < 1.29 is 9.53 Å². The smallest absolute Gasteiger partial charge is 0.244 e. The Bertz CT molecular complexity index is 1190. The standard InChI is InChI=1S/C24H20ClN3O2/c25-20-10-11-23-27-21(16-28(23)15-20)14-26-24(29)12-9-18-7-4-8-22(13-18)30-17-19-5-2-1-3-6-19/h1-13,15-16H,14,17H2,(H,26,29)/b12-9+. The van der Waals surface area contributed by atoms with E-state index in [2.05, 4.69) is 10.3 Å². The second-order valence-corrected chi connectivity index (χ2v) is 7.18. The van der Waals surface area contributed by atoms with Gasteiger partial charge in [-0.25, -0.2) is 4.98 Å². The molecule has 2 heterocycles. The minimum absolute atomic E-state index is 0.194. The summed E-state index contributed by atoms with van der Waals surface area (Å²) in [5.74, 6) is 0.561. The summed E-state index contributed by atoms with van der Waals surface area (Å²) in [5, 5.41) is 3.47. The largest absolute Gasteiger partial charge is 0.489 e. The van der Waals surface area contributed by atoms with E-state index in [1.54, 1.807) is 18.3 Å². The number of benzene rings is 2. The van der Waals surface area contributed by atoms with Crippen molar-refractivity contribution >= 4 is 29.2 Å². The first-order valence-electron chi connectivity index (χ1n) is 9.51. The predicted molar refractivity (Wildman–Crippen MR) is 118 cm³/mol. The second kappa shape index (κ2) is 9.29. The van der Waals surface area contributed by atoms with Crippen LogP contribution in [-0.4, -0.2) is 15.3 Å². The van der Waals surface area contributed by atoms with Crippen molar-refractivity contribution in [2.45, 2.75) is 13.2 Å². The third-order valence-electron chi connectivity index (χ3n) is 4.44. The summed E-state index contributed by atoms with van der Waals surface area (Å²) in [4.78, 5) is 16.6. The number of hydrogen-bond acceptors (Lipinski definition) is 3. The number of hydrogen-bond donors (Lipinski definition) is 1. The maximum absolute atomic E-state index is 12.2. The van der Waals surface area contributed by atoms with Crippen LogP contribution in [-0.2, 0) is 17.9 Å². The molecule has 1 amide bonds. The number of pyridine rings is 1. The van der Waals surface area contributed by atoms with Gasteiger partial charge in [-0.3, -0.25) is 4.79 Å². The van der Waals surface area contributed by atoms with Crippen LogP contribution < -0.4 is 10.1 Å². The van der Waals surface area contributed by atoms with E-state index in [0.717, 1.165) is 28.2 Å². The minimum atomic E-state index is -0.194. The molecule has 0 saturated carbocycles. The Morgan fingerprint density at radius 2 is 1.93 bits per heavy atom. The summed E-state index contributed by atoms with van der Waals surface area (Å²) in [5.41, 5.74) is 3.53. The van der Waals surface area contributed by atoms with Crippen LogP contribution in [0.4, 0.5) is 0 Å². The number of ether oxygens (including phenoxy) is 1. The summed E-state index contributed by atoms with van der Waals surface area (Å²) in [6, 6.07) is 21.2. The molecule has 0 radical (unpaired) electrons. The molecule has 0 spiro atoms. The van der Waals surface area contributed by atoms with Crippen LogP contribution in [0.3, 0.4) is 0 Å². The van der Waals surface area contributed by atoms with Crippen LogP contribution in [0.25, 0.3) is 11.7 Å². The number of carbonyl (C=O) groups excluding carboxylic acids is 1. The molecule has 5 nitrogen and oxygen atoms in total. The van der Waals surface area contributed by atoms with Crippen LogP contribution in [0.2, 0.25) is 5.02 Å². The lowest BCUT2D eigenvalue weighted by Gasteiger charge is -2.07. The highest BCUT2D eigenvalue weighted by molar-refractivity contribution is 6.30. The zero-order valence-corrected chi connectivity index (χ0v) is 16.9. The average Bonchev–Trinajstić information content (AvgIpc) is 3.18. The topological polar surface area (TPSA) is 55.6 Å². The second-order valence-electron chi connectivity index (χ2n) is 6.74. The molecule has 0 aliphatic carbocycles. The number of amides is 1. The van der Waals surface area contributed by atoms with Crippen LogP contribution >= 0.6 is 11.6 Å². The maximum atomic E-state index is 12.2. The van der Waals surface area contributed by atoms with Crippen molar-refractivity contribution in [2.24, 2.45) is 0 Å². The number of nitrogens with zero attached hydrogens (tertiary/aromatic N) is 2. The van der Waals surface area contributed by atoms with Crippen molar-refractivity contribution in [3.05, 3.63) is 107 Å². The Labute approximate surface area is 179 Å². The van der Waals surface area contributed by atoms with Gasteiger partial charge in [0.05, 0.1) is 17.3 Å². The van der Waals surface area contributed by atoms with Crippen LogP contribution in [0.1, 0.15) is 16.8 Å². The van der Waals surface area contributed by atoms with Crippen LogP contribution in [0, 0.1) is 0 Å². The van der Waals surface area contributed by atoms with Gasteiger partial charge in [0.25, 0.3) is 0 Å². The number of imidazole rings is 1. The van der Waals surface area contributed by atoms with E-state index >= 15 is 0 Å². The van der Waals surface area contributed by atoms with Gasteiger partial charge < -0.3 is 14.5 Å². The van der Waals surface area contributed by atoms with E-state index in [9.17, 15) is 4.79 Å². The van der Waals surface area contributed by atoms with Gasteiger partial charge in [-0.15, -0.1) is 0 Å². The van der Waals surface area contributed by atoms with E-state index in [1.807, 2.05) is 71.3 Å². The summed E-state index contributed by atoms with van der Waals surface area (Å²) in [6.07, 6.45) is 6.89. The number of rotatable bonds is 7. The SMILES string of the molecule is O=C(/C=C/c1cccc(OCc2ccccc2)c1)NCc1cn2cc(Cl)ccc2n1. The fourth-order valence-electron chi connectivity index (χ4n) is 2.96. The Balaban J connectivity index is 1.31. The van der Waals surface area contributed by atoms with Gasteiger partial charge in [-0.1, -0.05) is 54.1 Å². The van der Waals surface area contributed by atoms with Gasteiger partial charge in [-0.05, 0) is 41.5 Å². The predicted octanol–water partition coefficient (Wildman–Crippen LogP) is 4.90. The number of halogens is 1. The van der Waals surface area contributed by atoms with Crippen molar-refractivity contribution in [1.29, 1.82) is 0 Å². The first-order chi connectivity index (χ1) is 14.7. The fourth-order valence-corrected chi connectivity index (χ4v) is 3.13. The molecule has 150 valence electrons. The molecule has 1 N–H and O–H groups in total. The highest BCUT2D eigenvalue weighted by atomic mass is 35.5. The summed E-state index contributed by atoms with van der Waals surface area (Å²) >= 11 is 5.98. The van der Waals surface area contributed by atoms with Crippen LogP contribution in [0.5, 0.6) is 5.75 Å². The molecule has 0 aliphatic heterocycles. The van der Waals surface area contributed by atoms with Gasteiger partial charge in [0.15, 0.2) is 0 Å². The van der Waals surface area contributed by atoms with Crippen molar-refractivity contribution in [3.8, 4) is 5.75 Å². The van der Waals surface area contributed by atoms with Gasteiger partial charge in [0.1, 0.15) is 18.0 Å². The molecule has 0 saturated heterocycles. The minimum Gasteiger partial charge on any atom is -0.489 e. The Morgan fingerprint density at radius 1 is 1.07 bits per heavy atom. The molecule has 6 heteroatoms. The molecule has 0 aliphatic rings. The quantitative estimate of drug-likeness (QED) is 0.435. The van der Waals surface area contributed by atoms with Gasteiger partial charge in [-0.2, -0.15) is 0 Å². The van der Waals surface area contributed by atoms with Gasteiger partial charge >= 0.3 is 0 Å². The van der Waals surface area contributed by atoms with Gasteiger partial charge in [0, 0.05) is 18.5 Å². The Kier molecular flexibility index (Phi) is 6.11. The number of nitrogens with one attached hydrogen (secondary N) is 1. The highest BCUT2D eigenvalue weighted by Gasteiger charge is 2.04. The molecular formula is C24H20ClN3O2. The normalized spacial score (nSPS) is 11.1. The molecule has 2 aromatic heterocycles. The zero-order valence-electron chi connectivity index (χ0n) is 16.2. The lowest BCUT2D eigenvalue weighted by atomic mass is 10.2. The Morgan fingerprint density at radius 3 is 2.80 bits per heavy atom. The van der Waals surface area contributed by atoms with Gasteiger partial charge in [0.2, 0.25) is 5.91 Å². The number of carbonyl (C=O) groups is 1. The molecule has 30 heavy (non-hydrogen) atoms. The molecule has 2 aromatic carbocycles. The molecular weight excluding hydrogens is 398 g/mol. The summed E-state index contributed by atoms with van der Waals surface area (Å²) in [6.45, 7) is 0.835. The lowest BCUT2D eigenvalue weighted by Crippen LogP contribution is -2.20. The molecule has 0 fully saturated rings. The van der Waals surface area contributed by atoms with Crippen LogP contribution in [0.15, 0.2) is 85.2 Å². The molecule has 0 unspecified atom stereocenters. The van der Waals surface area contributed by atoms with E-state index in [1.165, 1.54) is 6.08 Å². The van der Waals surface area contributed by atoms with E-state index in [4.69, 9.17) is 16.3 Å². The maximum Gasteiger partial charge on any atom is 0.244 e. The van der Waals surface area contributed by atoms with Crippen molar-refractivity contribution in [1.82, 2.24) is 14.7 Å². The molecule has 0 atom stereocenters. The van der Waals surface area contributed by atoms with Crippen molar-refractivity contribution in [2.75, 3.05) is 0 Å². The molecule has 4 aromatic rings. The third-order valence-corrected chi connectivity index (χ3v) is 4.67. The first kappa shape index (κ1) is 19.7. The van der Waals surface area contributed by atoms with E-state index < -0.39 is 0 Å². The highest BCUT2D eigenvalue weighted by Crippen LogP contribution is 2.16. The lowest BCUT2D eigenvalue weighted by molar-refractivity contribution is -0.116.